The van der Waals surface area contributed by atoms with E-state index in [1.165, 1.54) is 6.42 Å². The van der Waals surface area contributed by atoms with Gasteiger partial charge < -0.3 is 15.4 Å². The lowest BCUT2D eigenvalue weighted by atomic mass is 10.1. The Labute approximate surface area is 116 Å². The van der Waals surface area contributed by atoms with Gasteiger partial charge in [-0.2, -0.15) is 0 Å². The molecule has 19 heavy (non-hydrogen) atoms. The minimum absolute atomic E-state index is 0.0628. The molecule has 3 atom stereocenters. The highest BCUT2D eigenvalue weighted by atomic mass is 16.5. The van der Waals surface area contributed by atoms with Crippen LogP contribution in [-0.4, -0.2) is 66.7 Å². The van der Waals surface area contributed by atoms with Crippen LogP contribution in [0.25, 0.3) is 0 Å². The zero-order chi connectivity index (χ0) is 13.8. The van der Waals surface area contributed by atoms with Gasteiger partial charge in [-0.15, -0.1) is 0 Å². The zero-order valence-electron chi connectivity index (χ0n) is 12.2. The Hall–Kier alpha value is -0.650. The molecule has 2 aliphatic rings. The molecule has 0 aromatic carbocycles. The van der Waals surface area contributed by atoms with Crippen LogP contribution in [0.1, 0.15) is 33.1 Å². The first-order valence-corrected chi connectivity index (χ1v) is 7.49. The minimum atomic E-state index is -0.0638. The van der Waals surface area contributed by atoms with E-state index in [1.807, 2.05) is 11.8 Å². The van der Waals surface area contributed by atoms with Crippen LogP contribution in [-0.2, 0) is 9.53 Å². The molecule has 5 heteroatoms. The van der Waals surface area contributed by atoms with E-state index in [0.29, 0.717) is 13.2 Å². The van der Waals surface area contributed by atoms with Crippen LogP contribution in [0, 0.1) is 0 Å². The molecule has 2 rings (SSSR count). The summed E-state index contributed by atoms with van der Waals surface area (Å²) in [6, 6.07) is 0.220. The van der Waals surface area contributed by atoms with Gasteiger partial charge in [0.2, 0.25) is 5.91 Å². The van der Waals surface area contributed by atoms with Crippen LogP contribution >= 0.6 is 0 Å². The predicted molar refractivity (Wildman–Crippen MR) is 74.9 cm³/mol. The van der Waals surface area contributed by atoms with Gasteiger partial charge in [0, 0.05) is 32.2 Å². The molecule has 0 saturated carbocycles. The molecule has 2 aliphatic heterocycles. The number of hydrogen-bond donors (Lipinski definition) is 1. The van der Waals surface area contributed by atoms with E-state index >= 15 is 0 Å². The monoisotopic (exact) mass is 269 g/mol. The molecule has 3 unspecified atom stereocenters. The maximum absolute atomic E-state index is 12.6. The van der Waals surface area contributed by atoms with Gasteiger partial charge in [0.15, 0.2) is 0 Å². The number of ether oxygens (including phenoxy) is 1. The molecule has 0 bridgehead atoms. The highest BCUT2D eigenvalue weighted by Gasteiger charge is 2.34. The Balaban J connectivity index is 1.96. The van der Waals surface area contributed by atoms with Crippen LogP contribution in [0.2, 0.25) is 0 Å². The normalized spacial score (nSPS) is 31.2. The van der Waals surface area contributed by atoms with Crippen molar-refractivity contribution in [3.63, 3.8) is 0 Å². The van der Waals surface area contributed by atoms with Gasteiger partial charge in [0.05, 0.1) is 18.8 Å². The van der Waals surface area contributed by atoms with Crippen LogP contribution in [0.15, 0.2) is 0 Å². The Morgan fingerprint density at radius 2 is 2.05 bits per heavy atom. The summed E-state index contributed by atoms with van der Waals surface area (Å²) in [6.07, 6.45) is 3.60. The van der Waals surface area contributed by atoms with Gasteiger partial charge in [-0.05, 0) is 33.1 Å². The fourth-order valence-electron chi connectivity index (χ4n) is 3.04. The molecule has 2 N–H and O–H groups in total. The molecule has 0 aromatic rings. The Morgan fingerprint density at radius 1 is 1.37 bits per heavy atom. The van der Waals surface area contributed by atoms with E-state index in [0.717, 1.165) is 32.5 Å². The third-order valence-electron chi connectivity index (χ3n) is 4.34. The second-order valence-electron chi connectivity index (χ2n) is 5.80. The van der Waals surface area contributed by atoms with Crippen LogP contribution in [0.5, 0.6) is 0 Å². The first-order valence-electron chi connectivity index (χ1n) is 7.49. The maximum atomic E-state index is 12.6. The minimum Gasteiger partial charge on any atom is -0.374 e. The fraction of sp³-hybridized carbons (Fsp3) is 0.929. The average molecular weight is 269 g/mol. The molecule has 2 fully saturated rings. The summed E-state index contributed by atoms with van der Waals surface area (Å²) in [5.41, 5.74) is 5.68. The van der Waals surface area contributed by atoms with Crippen molar-refractivity contribution in [2.24, 2.45) is 5.73 Å². The number of piperidine rings is 1. The van der Waals surface area contributed by atoms with E-state index in [2.05, 4.69) is 11.8 Å². The molecule has 2 heterocycles. The highest BCUT2D eigenvalue weighted by Crippen LogP contribution is 2.18. The number of rotatable bonds is 3. The molecule has 0 aliphatic carbocycles. The number of carbonyl (C=O) groups excluding carboxylic acids is 1. The Bertz CT molecular complexity index is 305. The first kappa shape index (κ1) is 14.8. The van der Waals surface area contributed by atoms with Crippen LogP contribution in [0.3, 0.4) is 0 Å². The Morgan fingerprint density at radius 3 is 2.68 bits per heavy atom. The van der Waals surface area contributed by atoms with E-state index in [4.69, 9.17) is 10.5 Å². The Kier molecular flexibility index (Phi) is 5.19. The summed E-state index contributed by atoms with van der Waals surface area (Å²) >= 11 is 0. The molecule has 1 amide bonds. The quantitative estimate of drug-likeness (QED) is 0.807. The van der Waals surface area contributed by atoms with Crippen molar-refractivity contribution < 1.29 is 9.53 Å². The zero-order valence-corrected chi connectivity index (χ0v) is 12.2. The number of carbonyl (C=O) groups is 1. The maximum Gasteiger partial charge on any atom is 0.239 e. The lowest BCUT2D eigenvalue weighted by Gasteiger charge is -2.42. The molecular formula is C14H27N3O2. The number of nitrogens with two attached hydrogens (primary N) is 1. The molecule has 0 spiro atoms. The summed E-state index contributed by atoms with van der Waals surface area (Å²) in [5.74, 6) is 0.268. The van der Waals surface area contributed by atoms with Crippen molar-refractivity contribution in [3.8, 4) is 0 Å². The summed E-state index contributed by atoms with van der Waals surface area (Å²) < 4.78 is 5.65. The van der Waals surface area contributed by atoms with E-state index in [-0.39, 0.29) is 24.1 Å². The molecule has 110 valence electrons. The molecule has 0 aromatic heterocycles. The van der Waals surface area contributed by atoms with E-state index in [1.54, 1.807) is 0 Å². The van der Waals surface area contributed by atoms with Gasteiger partial charge in [0.25, 0.3) is 0 Å². The van der Waals surface area contributed by atoms with Crippen molar-refractivity contribution in [2.45, 2.75) is 51.3 Å². The summed E-state index contributed by atoms with van der Waals surface area (Å²) in [7, 11) is 0. The third kappa shape index (κ3) is 3.46. The SMILES string of the molecule is CC1COC(CN)CN1C(C)C(=O)N1CCCCC1. The number of hydrogen-bond acceptors (Lipinski definition) is 4. The second-order valence-corrected chi connectivity index (χ2v) is 5.80. The summed E-state index contributed by atoms with van der Waals surface area (Å²) in [5, 5.41) is 0. The lowest BCUT2D eigenvalue weighted by Crippen LogP contribution is -2.58. The van der Waals surface area contributed by atoms with Gasteiger partial charge in [-0.3, -0.25) is 9.69 Å². The third-order valence-corrected chi connectivity index (χ3v) is 4.34. The van der Waals surface area contributed by atoms with Crippen molar-refractivity contribution >= 4 is 5.91 Å². The predicted octanol–water partition coefficient (Wildman–Crippen LogP) is 0.435. The van der Waals surface area contributed by atoms with Gasteiger partial charge in [0.1, 0.15) is 0 Å². The van der Waals surface area contributed by atoms with Gasteiger partial charge in [-0.25, -0.2) is 0 Å². The standard InChI is InChI=1S/C14H27N3O2/c1-11-10-19-13(8-15)9-17(11)12(2)14(18)16-6-4-3-5-7-16/h11-13H,3-10,15H2,1-2H3. The van der Waals surface area contributed by atoms with Crippen molar-refractivity contribution in [1.29, 1.82) is 0 Å². The lowest BCUT2D eigenvalue weighted by molar-refractivity contribution is -0.143. The van der Waals surface area contributed by atoms with Gasteiger partial charge >= 0.3 is 0 Å². The molecule has 5 nitrogen and oxygen atoms in total. The van der Waals surface area contributed by atoms with Crippen molar-refractivity contribution in [2.75, 3.05) is 32.8 Å². The van der Waals surface area contributed by atoms with Crippen LogP contribution in [0.4, 0.5) is 0 Å². The smallest absolute Gasteiger partial charge is 0.239 e. The van der Waals surface area contributed by atoms with Crippen molar-refractivity contribution in [3.05, 3.63) is 0 Å². The number of morpholine rings is 1. The summed E-state index contributed by atoms with van der Waals surface area (Å²) in [6.45, 7) is 7.93. The number of likely N-dealkylation sites (tertiary alicyclic amines) is 1. The van der Waals surface area contributed by atoms with E-state index < -0.39 is 0 Å². The topological polar surface area (TPSA) is 58.8 Å². The summed E-state index contributed by atoms with van der Waals surface area (Å²) in [4.78, 5) is 16.8. The highest BCUT2D eigenvalue weighted by molar-refractivity contribution is 5.81. The molecule has 2 saturated heterocycles. The second kappa shape index (κ2) is 6.68. The van der Waals surface area contributed by atoms with E-state index in [9.17, 15) is 4.79 Å². The number of amides is 1. The molecular weight excluding hydrogens is 242 g/mol. The van der Waals surface area contributed by atoms with Gasteiger partial charge in [-0.1, -0.05) is 0 Å². The van der Waals surface area contributed by atoms with Crippen molar-refractivity contribution in [1.82, 2.24) is 9.80 Å². The fourth-order valence-corrected chi connectivity index (χ4v) is 3.04. The number of nitrogens with zero attached hydrogens (tertiary/aromatic N) is 2. The first-order chi connectivity index (χ1) is 9.13. The largest absolute Gasteiger partial charge is 0.374 e. The average Bonchev–Trinajstić information content (AvgIpc) is 2.47. The molecule has 0 radical (unpaired) electrons. The van der Waals surface area contributed by atoms with Crippen LogP contribution < -0.4 is 5.73 Å².